The van der Waals surface area contributed by atoms with Crippen molar-refractivity contribution in [1.29, 1.82) is 0 Å². The largest absolute Gasteiger partial charge is 0.369 e. The summed E-state index contributed by atoms with van der Waals surface area (Å²) in [7, 11) is 0. The number of non-ortho nitro benzene ring substituents is 1. The van der Waals surface area contributed by atoms with Crippen LogP contribution in [0.15, 0.2) is 48.5 Å². The Hall–Kier alpha value is -2.93. The molecule has 3 rings (SSSR count). The molecule has 1 fully saturated rings. The number of benzene rings is 2. The summed E-state index contributed by atoms with van der Waals surface area (Å²) in [6.45, 7) is 9.30. The van der Waals surface area contributed by atoms with Crippen molar-refractivity contribution in [2.75, 3.05) is 36.4 Å². The third-order valence-electron chi connectivity index (χ3n) is 5.51. The standard InChI is InChI=1S/C22H28N4O3/c1-16(2)18-4-6-19(7-5-18)23-22(27)17(3)24-12-14-25(15-13-24)20-8-10-21(11-9-20)26(28)29/h4-11,16-17H,12-15H2,1-3H3,(H,23,27)/t17-/m1/s1. The molecule has 1 amide bonds. The Bertz CT molecular complexity index is 841. The average Bonchev–Trinajstić information content (AvgIpc) is 2.73. The molecular weight excluding hydrogens is 368 g/mol. The number of rotatable bonds is 6. The van der Waals surface area contributed by atoms with Crippen LogP contribution in [0.3, 0.4) is 0 Å². The van der Waals surface area contributed by atoms with Crippen molar-refractivity contribution in [3.63, 3.8) is 0 Å². The van der Waals surface area contributed by atoms with E-state index in [0.29, 0.717) is 5.92 Å². The molecule has 29 heavy (non-hydrogen) atoms. The molecule has 7 heteroatoms. The Kier molecular flexibility index (Phi) is 6.49. The second-order valence-corrected chi connectivity index (χ2v) is 7.74. The number of nitro groups is 1. The fourth-order valence-electron chi connectivity index (χ4n) is 3.52. The second-order valence-electron chi connectivity index (χ2n) is 7.74. The lowest BCUT2D eigenvalue weighted by Gasteiger charge is -2.38. The van der Waals surface area contributed by atoms with E-state index in [9.17, 15) is 14.9 Å². The second kappa shape index (κ2) is 9.05. The van der Waals surface area contributed by atoms with Crippen LogP contribution < -0.4 is 10.2 Å². The molecule has 0 unspecified atom stereocenters. The van der Waals surface area contributed by atoms with Crippen LogP contribution in [0.4, 0.5) is 17.1 Å². The van der Waals surface area contributed by atoms with Crippen LogP contribution in [-0.2, 0) is 4.79 Å². The van der Waals surface area contributed by atoms with Gasteiger partial charge in [0.2, 0.25) is 5.91 Å². The van der Waals surface area contributed by atoms with E-state index in [-0.39, 0.29) is 17.6 Å². The Morgan fingerprint density at radius 2 is 1.55 bits per heavy atom. The number of nitrogens with zero attached hydrogens (tertiary/aromatic N) is 3. The third-order valence-corrected chi connectivity index (χ3v) is 5.51. The predicted octanol–water partition coefficient (Wildman–Crippen LogP) is 3.87. The van der Waals surface area contributed by atoms with Crippen molar-refractivity contribution in [1.82, 2.24) is 4.90 Å². The van der Waals surface area contributed by atoms with Crippen molar-refractivity contribution >= 4 is 23.0 Å². The fourth-order valence-corrected chi connectivity index (χ4v) is 3.52. The minimum Gasteiger partial charge on any atom is -0.369 e. The number of anilines is 2. The maximum Gasteiger partial charge on any atom is 0.269 e. The van der Waals surface area contributed by atoms with Crippen molar-refractivity contribution in [2.24, 2.45) is 0 Å². The van der Waals surface area contributed by atoms with Crippen molar-refractivity contribution in [3.8, 4) is 0 Å². The zero-order valence-electron chi connectivity index (χ0n) is 17.2. The first-order chi connectivity index (χ1) is 13.8. The summed E-state index contributed by atoms with van der Waals surface area (Å²) in [6, 6.07) is 14.4. The van der Waals surface area contributed by atoms with E-state index < -0.39 is 4.92 Å². The zero-order chi connectivity index (χ0) is 21.0. The molecule has 1 saturated heterocycles. The molecule has 7 nitrogen and oxygen atoms in total. The van der Waals surface area contributed by atoms with Crippen LogP contribution in [0.1, 0.15) is 32.3 Å². The van der Waals surface area contributed by atoms with Crippen LogP contribution in [0.25, 0.3) is 0 Å². The number of carbonyl (C=O) groups is 1. The molecule has 1 atom stereocenters. The van der Waals surface area contributed by atoms with Crippen LogP contribution in [0.5, 0.6) is 0 Å². The van der Waals surface area contributed by atoms with Gasteiger partial charge in [-0.05, 0) is 42.7 Å². The van der Waals surface area contributed by atoms with Gasteiger partial charge in [0.1, 0.15) is 0 Å². The van der Waals surface area contributed by atoms with E-state index in [1.54, 1.807) is 12.1 Å². The molecule has 2 aromatic carbocycles. The van der Waals surface area contributed by atoms with E-state index in [0.717, 1.165) is 37.6 Å². The molecule has 2 aromatic rings. The molecular formula is C22H28N4O3. The van der Waals surface area contributed by atoms with Crippen LogP contribution >= 0.6 is 0 Å². The van der Waals surface area contributed by atoms with E-state index >= 15 is 0 Å². The van der Waals surface area contributed by atoms with Crippen LogP contribution in [-0.4, -0.2) is 48.0 Å². The van der Waals surface area contributed by atoms with Gasteiger partial charge < -0.3 is 10.2 Å². The first-order valence-corrected chi connectivity index (χ1v) is 9.99. The van der Waals surface area contributed by atoms with Gasteiger partial charge in [-0.1, -0.05) is 26.0 Å². The fraction of sp³-hybridized carbons (Fsp3) is 0.409. The number of amides is 1. The van der Waals surface area contributed by atoms with E-state index in [4.69, 9.17) is 0 Å². The lowest BCUT2D eigenvalue weighted by Crippen LogP contribution is -2.52. The van der Waals surface area contributed by atoms with Crippen LogP contribution in [0.2, 0.25) is 0 Å². The maximum absolute atomic E-state index is 12.7. The highest BCUT2D eigenvalue weighted by Crippen LogP contribution is 2.22. The molecule has 1 aliphatic rings. The smallest absolute Gasteiger partial charge is 0.269 e. The monoisotopic (exact) mass is 396 g/mol. The first-order valence-electron chi connectivity index (χ1n) is 9.99. The quantitative estimate of drug-likeness (QED) is 0.592. The average molecular weight is 396 g/mol. The molecule has 1 N–H and O–H groups in total. The van der Waals surface area contributed by atoms with Gasteiger partial charge >= 0.3 is 0 Å². The summed E-state index contributed by atoms with van der Waals surface area (Å²) in [5.74, 6) is 0.455. The van der Waals surface area contributed by atoms with Gasteiger partial charge in [0.25, 0.3) is 5.69 Å². The summed E-state index contributed by atoms with van der Waals surface area (Å²) in [6.07, 6.45) is 0. The first kappa shape index (κ1) is 20.8. The lowest BCUT2D eigenvalue weighted by molar-refractivity contribution is -0.384. The van der Waals surface area contributed by atoms with Gasteiger partial charge in [-0.15, -0.1) is 0 Å². The Morgan fingerprint density at radius 1 is 0.966 bits per heavy atom. The normalized spacial score (nSPS) is 15.9. The zero-order valence-corrected chi connectivity index (χ0v) is 17.2. The molecule has 154 valence electrons. The third kappa shape index (κ3) is 5.12. The van der Waals surface area contributed by atoms with E-state index in [2.05, 4.69) is 29.0 Å². The van der Waals surface area contributed by atoms with Gasteiger partial charge in [-0.3, -0.25) is 19.8 Å². The molecule has 0 bridgehead atoms. The summed E-state index contributed by atoms with van der Waals surface area (Å²) >= 11 is 0. The number of hydrogen-bond acceptors (Lipinski definition) is 5. The number of hydrogen-bond donors (Lipinski definition) is 1. The van der Waals surface area contributed by atoms with E-state index in [1.165, 1.54) is 17.7 Å². The van der Waals surface area contributed by atoms with Gasteiger partial charge in [-0.2, -0.15) is 0 Å². The molecule has 0 saturated carbocycles. The summed E-state index contributed by atoms with van der Waals surface area (Å²) < 4.78 is 0. The highest BCUT2D eigenvalue weighted by Gasteiger charge is 2.26. The minimum absolute atomic E-state index is 0.00826. The SMILES string of the molecule is CC(C)c1ccc(NC(=O)[C@@H](C)N2CCN(c3ccc([N+](=O)[O-])cc3)CC2)cc1. The molecule has 1 heterocycles. The van der Waals surface area contributed by atoms with E-state index in [1.807, 2.05) is 31.2 Å². The maximum atomic E-state index is 12.7. The molecule has 0 aliphatic carbocycles. The molecule has 0 radical (unpaired) electrons. The van der Waals surface area contributed by atoms with Crippen LogP contribution in [0, 0.1) is 10.1 Å². The Labute approximate surface area is 171 Å². The van der Waals surface area contributed by atoms with Gasteiger partial charge in [0.05, 0.1) is 11.0 Å². The Balaban J connectivity index is 1.53. The Morgan fingerprint density at radius 3 is 2.07 bits per heavy atom. The van der Waals surface area contributed by atoms with Crippen molar-refractivity contribution in [2.45, 2.75) is 32.7 Å². The summed E-state index contributed by atoms with van der Waals surface area (Å²) in [5.41, 5.74) is 3.13. The highest BCUT2D eigenvalue weighted by atomic mass is 16.6. The summed E-state index contributed by atoms with van der Waals surface area (Å²) in [4.78, 5) is 27.4. The van der Waals surface area contributed by atoms with Gasteiger partial charge in [-0.25, -0.2) is 0 Å². The topological polar surface area (TPSA) is 78.7 Å². The molecule has 0 spiro atoms. The van der Waals surface area contributed by atoms with Gasteiger partial charge in [0.15, 0.2) is 0 Å². The summed E-state index contributed by atoms with van der Waals surface area (Å²) in [5, 5.41) is 13.8. The number of carbonyl (C=O) groups excluding carboxylic acids is 1. The minimum atomic E-state index is -0.390. The number of piperazine rings is 1. The number of nitro benzene ring substituents is 1. The van der Waals surface area contributed by atoms with Crippen molar-refractivity contribution in [3.05, 3.63) is 64.2 Å². The van der Waals surface area contributed by atoms with Gasteiger partial charge in [0, 0.05) is 49.7 Å². The molecule has 1 aliphatic heterocycles. The number of nitrogens with one attached hydrogen (secondary N) is 1. The lowest BCUT2D eigenvalue weighted by atomic mass is 10.0. The predicted molar refractivity (Wildman–Crippen MR) is 116 cm³/mol. The van der Waals surface area contributed by atoms with Crippen molar-refractivity contribution < 1.29 is 9.72 Å². The molecule has 0 aromatic heterocycles. The highest BCUT2D eigenvalue weighted by molar-refractivity contribution is 5.94.